The first-order chi connectivity index (χ1) is 18.0. The molecular weight excluding hydrogens is 471 g/mol. The summed E-state index contributed by atoms with van der Waals surface area (Å²) in [5, 5.41) is 13.0. The molecule has 1 saturated carbocycles. The molecule has 0 spiro atoms. The fourth-order valence-electron chi connectivity index (χ4n) is 6.04. The molecule has 9 heteroatoms. The number of phenolic OH excluding ortho intramolecular Hbond substituents is 1. The maximum Gasteiger partial charge on any atom is 0.319 e. The summed E-state index contributed by atoms with van der Waals surface area (Å²) in [5.74, 6) is 0.866. The number of benzene rings is 2. The molecule has 4 atom stereocenters. The van der Waals surface area contributed by atoms with E-state index in [2.05, 4.69) is 26.8 Å². The number of halogens is 1. The average Bonchev–Trinajstić information content (AvgIpc) is 3.23. The van der Waals surface area contributed by atoms with Gasteiger partial charge in [-0.2, -0.15) is 9.97 Å². The van der Waals surface area contributed by atoms with Crippen LogP contribution in [0.3, 0.4) is 0 Å². The molecule has 37 heavy (non-hydrogen) atoms. The van der Waals surface area contributed by atoms with Crippen molar-refractivity contribution in [2.24, 2.45) is 17.6 Å². The van der Waals surface area contributed by atoms with Crippen molar-refractivity contribution in [1.29, 1.82) is 0 Å². The molecule has 0 bridgehead atoms. The molecule has 190 valence electrons. The largest absolute Gasteiger partial charge is 0.507 e. The highest BCUT2D eigenvalue weighted by atomic mass is 19.1. The van der Waals surface area contributed by atoms with Crippen LogP contribution in [0.25, 0.3) is 32.9 Å². The first kappa shape index (κ1) is 22.6. The smallest absolute Gasteiger partial charge is 0.319 e. The van der Waals surface area contributed by atoms with Gasteiger partial charge in [0.05, 0.1) is 5.39 Å². The van der Waals surface area contributed by atoms with Gasteiger partial charge < -0.3 is 25.4 Å². The Morgan fingerprint density at radius 3 is 2.62 bits per heavy atom. The van der Waals surface area contributed by atoms with Gasteiger partial charge in [-0.3, -0.25) is 4.98 Å². The Labute approximate surface area is 213 Å². The van der Waals surface area contributed by atoms with Crippen molar-refractivity contribution in [2.75, 3.05) is 38.2 Å². The third kappa shape index (κ3) is 3.76. The van der Waals surface area contributed by atoms with Crippen molar-refractivity contribution in [3.05, 3.63) is 48.4 Å². The van der Waals surface area contributed by atoms with Crippen LogP contribution in [0.4, 0.5) is 10.2 Å². The number of ether oxygens (including phenoxy) is 1. The Hall–Kier alpha value is -3.56. The minimum Gasteiger partial charge on any atom is -0.507 e. The molecule has 4 heterocycles. The van der Waals surface area contributed by atoms with E-state index < -0.39 is 5.82 Å². The molecule has 2 aromatic heterocycles. The van der Waals surface area contributed by atoms with Crippen molar-refractivity contribution in [3.63, 3.8) is 0 Å². The van der Waals surface area contributed by atoms with E-state index in [1.54, 1.807) is 18.3 Å². The second-order valence-electron chi connectivity index (χ2n) is 10.6. The Bertz CT molecular complexity index is 1520. The number of piperidine rings is 1. The molecule has 8 nitrogen and oxygen atoms in total. The number of hydrogen-bond acceptors (Lipinski definition) is 8. The van der Waals surface area contributed by atoms with E-state index in [9.17, 15) is 5.11 Å². The van der Waals surface area contributed by atoms with Crippen LogP contribution >= 0.6 is 0 Å². The lowest BCUT2D eigenvalue weighted by Crippen LogP contribution is -2.31. The van der Waals surface area contributed by atoms with Gasteiger partial charge in [0, 0.05) is 36.9 Å². The van der Waals surface area contributed by atoms with Crippen LogP contribution < -0.4 is 15.4 Å². The van der Waals surface area contributed by atoms with Crippen molar-refractivity contribution < 1.29 is 14.2 Å². The summed E-state index contributed by atoms with van der Waals surface area (Å²) in [7, 11) is 2.08. The predicted molar refractivity (Wildman–Crippen MR) is 140 cm³/mol. The first-order valence-electron chi connectivity index (χ1n) is 12.9. The molecule has 1 aliphatic carbocycles. The molecule has 3 aliphatic rings. The molecule has 0 amide bonds. The van der Waals surface area contributed by atoms with Crippen LogP contribution in [0.15, 0.2) is 42.6 Å². The van der Waals surface area contributed by atoms with Gasteiger partial charge in [0.25, 0.3) is 0 Å². The highest BCUT2D eigenvalue weighted by molar-refractivity contribution is 5.95. The van der Waals surface area contributed by atoms with Crippen molar-refractivity contribution in [2.45, 2.75) is 24.9 Å². The van der Waals surface area contributed by atoms with Gasteiger partial charge in [0.2, 0.25) is 0 Å². The number of likely N-dealkylation sites (tertiary alicyclic amines) is 1. The summed E-state index contributed by atoms with van der Waals surface area (Å²) < 4.78 is 22.2. The van der Waals surface area contributed by atoms with Crippen LogP contribution in [-0.4, -0.2) is 70.3 Å². The number of fused-ring (bicyclic) bond motifs is 3. The van der Waals surface area contributed by atoms with Gasteiger partial charge in [-0.1, -0.05) is 24.3 Å². The first-order valence-corrected chi connectivity index (χ1v) is 12.9. The highest BCUT2D eigenvalue weighted by Gasteiger charge is 2.54. The minimum absolute atomic E-state index is 0.0342. The summed E-state index contributed by atoms with van der Waals surface area (Å²) in [6.45, 7) is 3.03. The van der Waals surface area contributed by atoms with E-state index in [0.717, 1.165) is 43.2 Å². The van der Waals surface area contributed by atoms with Crippen LogP contribution in [0.1, 0.15) is 12.8 Å². The Morgan fingerprint density at radius 1 is 1.14 bits per heavy atom. The number of aromatic nitrogens is 3. The number of nitrogens with zero attached hydrogens (tertiary/aromatic N) is 5. The zero-order chi connectivity index (χ0) is 25.3. The Balaban J connectivity index is 1.32. The van der Waals surface area contributed by atoms with Gasteiger partial charge in [0.1, 0.15) is 29.4 Å². The molecular formula is C28H29FN6O2. The maximum absolute atomic E-state index is 16.2. The zero-order valence-electron chi connectivity index (χ0n) is 20.6. The summed E-state index contributed by atoms with van der Waals surface area (Å²) in [4.78, 5) is 18.1. The average molecular weight is 501 g/mol. The highest BCUT2D eigenvalue weighted by Crippen LogP contribution is 2.46. The normalized spacial score (nSPS) is 25.2. The number of pyridine rings is 1. The van der Waals surface area contributed by atoms with E-state index in [4.69, 9.17) is 15.5 Å². The van der Waals surface area contributed by atoms with Gasteiger partial charge in [0.15, 0.2) is 5.82 Å². The van der Waals surface area contributed by atoms with Crippen molar-refractivity contribution in [1.82, 2.24) is 19.9 Å². The van der Waals surface area contributed by atoms with Crippen LogP contribution in [-0.2, 0) is 0 Å². The summed E-state index contributed by atoms with van der Waals surface area (Å²) in [6.07, 6.45) is 3.79. The van der Waals surface area contributed by atoms with E-state index in [1.807, 2.05) is 24.3 Å². The third-order valence-corrected chi connectivity index (χ3v) is 8.40. The van der Waals surface area contributed by atoms with E-state index in [1.165, 1.54) is 0 Å². The van der Waals surface area contributed by atoms with E-state index in [-0.39, 0.29) is 35.1 Å². The lowest BCUT2D eigenvalue weighted by molar-refractivity contribution is 0.188. The molecule has 7 rings (SSSR count). The Morgan fingerprint density at radius 2 is 1.89 bits per heavy atom. The second kappa shape index (κ2) is 8.49. The molecule has 0 radical (unpaired) electrons. The maximum atomic E-state index is 16.2. The quantitative estimate of drug-likeness (QED) is 0.429. The zero-order valence-corrected chi connectivity index (χ0v) is 20.6. The second-order valence-corrected chi connectivity index (χ2v) is 10.6. The standard InChI is InChI=1S/C28H29FN6O2/c1-34-8-4-7-17(34)14-37-28-32-26-19(27(33-28)35-12-20-21(13-35)24(20)30)11-31-25(23(26)29)18-9-15-5-2-3-6-16(15)10-22(18)36/h2-3,5-6,9-11,17,20-21,24,36H,4,7-8,12-14,30H2,1H3/t17-,20-,21+,24?/m0/s1. The summed E-state index contributed by atoms with van der Waals surface area (Å²) in [6, 6.07) is 11.7. The topological polar surface area (TPSA) is 101 Å². The number of nitrogens with two attached hydrogens (primary N) is 1. The van der Waals surface area contributed by atoms with Crippen LogP contribution in [0, 0.1) is 17.7 Å². The van der Waals surface area contributed by atoms with Crippen molar-refractivity contribution >= 4 is 27.5 Å². The molecule has 2 aromatic carbocycles. The van der Waals surface area contributed by atoms with Crippen LogP contribution in [0.5, 0.6) is 11.8 Å². The van der Waals surface area contributed by atoms with Crippen molar-refractivity contribution in [3.8, 4) is 23.0 Å². The molecule has 1 unspecified atom stereocenters. The lowest BCUT2D eigenvalue weighted by atomic mass is 10.0. The fraction of sp³-hybridized carbons (Fsp3) is 0.393. The molecule has 2 saturated heterocycles. The lowest BCUT2D eigenvalue weighted by Gasteiger charge is -2.23. The Kier molecular flexibility index (Phi) is 5.19. The number of aromatic hydroxyl groups is 1. The summed E-state index contributed by atoms with van der Waals surface area (Å²) in [5.41, 5.74) is 6.67. The third-order valence-electron chi connectivity index (χ3n) is 8.40. The molecule has 4 aromatic rings. The van der Waals surface area contributed by atoms with Gasteiger partial charge >= 0.3 is 6.01 Å². The van der Waals surface area contributed by atoms with Crippen LogP contribution in [0.2, 0.25) is 0 Å². The number of hydrogen-bond donors (Lipinski definition) is 2. The summed E-state index contributed by atoms with van der Waals surface area (Å²) >= 11 is 0. The van der Waals surface area contributed by atoms with E-state index >= 15 is 4.39 Å². The predicted octanol–water partition coefficient (Wildman–Crippen LogP) is 3.56. The molecule has 2 aliphatic heterocycles. The SMILES string of the molecule is CN1CCC[C@H]1COc1nc(N2C[C@@H]3C(N)[C@@H]3C2)c2cnc(-c3cc4ccccc4cc3O)c(F)c2n1. The molecule has 3 N–H and O–H groups in total. The van der Waals surface area contributed by atoms with Gasteiger partial charge in [-0.05, 0) is 61.2 Å². The van der Waals surface area contributed by atoms with Gasteiger partial charge in [-0.25, -0.2) is 4.39 Å². The minimum atomic E-state index is -0.601. The monoisotopic (exact) mass is 500 g/mol. The van der Waals surface area contributed by atoms with Gasteiger partial charge in [-0.15, -0.1) is 0 Å². The van der Waals surface area contributed by atoms with E-state index in [0.29, 0.717) is 35.2 Å². The fourth-order valence-corrected chi connectivity index (χ4v) is 6.04. The number of anilines is 1. The number of phenols is 1. The molecule has 3 fully saturated rings. The number of likely N-dealkylation sites (N-methyl/N-ethyl adjacent to an activating group) is 1. The number of rotatable bonds is 5.